The zero-order valence-electron chi connectivity index (χ0n) is 16.4. The molecule has 9 heteroatoms. The Hall–Kier alpha value is -3.49. The van der Waals surface area contributed by atoms with Crippen molar-refractivity contribution in [3.63, 3.8) is 0 Å². The first-order valence-corrected chi connectivity index (χ1v) is 9.42. The second-order valence-corrected chi connectivity index (χ2v) is 6.89. The van der Waals surface area contributed by atoms with Crippen molar-refractivity contribution >= 4 is 11.6 Å². The Morgan fingerprint density at radius 3 is 1.78 bits per heavy atom. The van der Waals surface area contributed by atoms with Crippen molar-refractivity contribution in [2.24, 2.45) is 0 Å². The Morgan fingerprint density at radius 1 is 0.750 bits per heavy atom. The van der Waals surface area contributed by atoms with Gasteiger partial charge in [-0.3, -0.25) is 4.79 Å². The summed E-state index contributed by atoms with van der Waals surface area (Å²) in [6.07, 6.45) is -8.62. The van der Waals surface area contributed by atoms with Crippen LogP contribution in [0.25, 0.3) is 11.1 Å². The lowest BCUT2D eigenvalue weighted by Crippen LogP contribution is -2.17. The van der Waals surface area contributed by atoms with Gasteiger partial charge in [0.1, 0.15) is 5.75 Å². The molecule has 3 aromatic carbocycles. The first kappa shape index (κ1) is 23.2. The third-order valence-corrected chi connectivity index (χ3v) is 4.51. The summed E-state index contributed by atoms with van der Waals surface area (Å²) in [6.45, 7) is 0. The van der Waals surface area contributed by atoms with Crippen LogP contribution in [0, 0.1) is 0 Å². The normalized spacial score (nSPS) is 11.8. The van der Waals surface area contributed by atoms with Gasteiger partial charge in [0.2, 0.25) is 5.91 Å². The predicted octanol–water partition coefficient (Wildman–Crippen LogP) is 6.84. The van der Waals surface area contributed by atoms with Crippen LogP contribution in [-0.4, -0.2) is 12.3 Å². The number of halogens is 6. The minimum absolute atomic E-state index is 0.139. The van der Waals surface area contributed by atoms with E-state index >= 15 is 0 Å². The molecule has 168 valence electrons. The fourth-order valence-corrected chi connectivity index (χ4v) is 2.94. The summed E-state index contributed by atoms with van der Waals surface area (Å²) in [5, 5.41) is 2.59. The molecule has 0 aliphatic rings. The number of hydrogen-bond acceptors (Lipinski definition) is 2. The maximum atomic E-state index is 12.7. The lowest BCUT2D eigenvalue weighted by atomic mass is 10.0. The number of hydrogen-bond donors (Lipinski definition) is 1. The number of aryl methyl sites for hydroxylation is 1. The number of amides is 1. The van der Waals surface area contributed by atoms with Crippen LogP contribution >= 0.6 is 0 Å². The number of ether oxygens (including phenoxy) is 1. The summed E-state index contributed by atoms with van der Waals surface area (Å²) in [7, 11) is 0. The minimum atomic E-state index is -4.78. The van der Waals surface area contributed by atoms with Gasteiger partial charge in [0, 0.05) is 12.1 Å². The number of nitrogens with one attached hydrogen (secondary N) is 1. The Kier molecular flexibility index (Phi) is 6.76. The van der Waals surface area contributed by atoms with Crippen LogP contribution in [-0.2, 0) is 17.4 Å². The van der Waals surface area contributed by atoms with E-state index in [0.717, 1.165) is 35.4 Å². The van der Waals surface area contributed by atoms with Gasteiger partial charge in [0.05, 0.1) is 5.56 Å². The zero-order valence-corrected chi connectivity index (χ0v) is 16.4. The van der Waals surface area contributed by atoms with E-state index in [-0.39, 0.29) is 18.1 Å². The smallest absolute Gasteiger partial charge is 0.406 e. The molecule has 0 bridgehead atoms. The predicted molar refractivity (Wildman–Crippen MR) is 107 cm³/mol. The molecule has 0 unspecified atom stereocenters. The highest BCUT2D eigenvalue weighted by molar-refractivity contribution is 5.90. The van der Waals surface area contributed by atoms with Gasteiger partial charge in [-0.15, -0.1) is 13.2 Å². The fourth-order valence-electron chi connectivity index (χ4n) is 2.94. The SMILES string of the molecule is O=C(CCc1ccc(-c2ccc(C(F)(F)F)cc2)cc1)Nc1ccc(OC(F)(F)F)cc1. The van der Waals surface area contributed by atoms with Crippen molar-refractivity contribution in [2.45, 2.75) is 25.4 Å². The Balaban J connectivity index is 1.52. The molecule has 3 nitrogen and oxygen atoms in total. The lowest BCUT2D eigenvalue weighted by Gasteiger charge is -2.10. The summed E-state index contributed by atoms with van der Waals surface area (Å²) in [5.74, 6) is -0.704. The molecule has 0 heterocycles. The largest absolute Gasteiger partial charge is 0.573 e. The van der Waals surface area contributed by atoms with Crippen LogP contribution in [0.15, 0.2) is 72.8 Å². The average molecular weight is 453 g/mol. The molecule has 0 atom stereocenters. The van der Waals surface area contributed by atoms with Crippen molar-refractivity contribution in [1.82, 2.24) is 0 Å². The number of benzene rings is 3. The van der Waals surface area contributed by atoms with E-state index in [9.17, 15) is 31.1 Å². The monoisotopic (exact) mass is 453 g/mol. The van der Waals surface area contributed by atoms with Gasteiger partial charge in [-0.1, -0.05) is 36.4 Å². The van der Waals surface area contributed by atoms with Crippen molar-refractivity contribution in [3.05, 3.63) is 83.9 Å². The summed E-state index contributed by atoms with van der Waals surface area (Å²) in [6, 6.07) is 16.7. The van der Waals surface area contributed by atoms with Gasteiger partial charge < -0.3 is 10.1 Å². The molecule has 1 N–H and O–H groups in total. The minimum Gasteiger partial charge on any atom is -0.406 e. The fraction of sp³-hybridized carbons (Fsp3) is 0.174. The highest BCUT2D eigenvalue weighted by Gasteiger charge is 2.31. The third kappa shape index (κ3) is 6.76. The molecular weight excluding hydrogens is 436 g/mol. The summed E-state index contributed by atoms with van der Waals surface area (Å²) < 4.78 is 78.2. The molecule has 3 rings (SSSR count). The van der Waals surface area contributed by atoms with Crippen LogP contribution in [0.4, 0.5) is 32.0 Å². The van der Waals surface area contributed by atoms with Gasteiger partial charge in [-0.05, 0) is 59.5 Å². The van der Waals surface area contributed by atoms with Crippen LogP contribution in [0.1, 0.15) is 17.5 Å². The molecule has 0 saturated heterocycles. The van der Waals surface area contributed by atoms with E-state index in [0.29, 0.717) is 17.7 Å². The number of carbonyl (C=O) groups is 1. The molecule has 0 aliphatic heterocycles. The number of alkyl halides is 6. The highest BCUT2D eigenvalue weighted by atomic mass is 19.4. The molecule has 0 radical (unpaired) electrons. The number of anilines is 1. The maximum absolute atomic E-state index is 12.7. The average Bonchev–Trinajstić information content (AvgIpc) is 2.72. The van der Waals surface area contributed by atoms with Gasteiger partial charge in [-0.25, -0.2) is 0 Å². The van der Waals surface area contributed by atoms with Crippen LogP contribution in [0.3, 0.4) is 0 Å². The molecule has 0 spiro atoms. The molecule has 32 heavy (non-hydrogen) atoms. The van der Waals surface area contributed by atoms with E-state index in [2.05, 4.69) is 10.1 Å². The summed E-state index contributed by atoms with van der Waals surface area (Å²) >= 11 is 0. The Bertz CT molecular complexity index is 1040. The molecule has 3 aromatic rings. The first-order chi connectivity index (χ1) is 15.0. The van der Waals surface area contributed by atoms with Gasteiger partial charge >= 0.3 is 12.5 Å². The van der Waals surface area contributed by atoms with E-state index in [1.54, 1.807) is 24.3 Å². The van der Waals surface area contributed by atoms with Crippen LogP contribution in [0.2, 0.25) is 0 Å². The van der Waals surface area contributed by atoms with E-state index < -0.39 is 18.1 Å². The maximum Gasteiger partial charge on any atom is 0.573 e. The summed E-state index contributed by atoms with van der Waals surface area (Å²) in [5.41, 5.74) is 1.85. The Morgan fingerprint density at radius 2 is 1.28 bits per heavy atom. The molecule has 0 saturated carbocycles. The standard InChI is InChI=1S/C23H17F6NO2/c24-22(25,26)18-8-6-17(7-9-18)16-4-1-15(2-5-16)3-14-21(31)30-19-10-12-20(13-11-19)32-23(27,28)29/h1-2,4-13H,3,14H2,(H,30,31). The molecule has 1 amide bonds. The van der Waals surface area contributed by atoms with Gasteiger partial charge in [-0.2, -0.15) is 13.2 Å². The van der Waals surface area contributed by atoms with Crippen molar-refractivity contribution in [2.75, 3.05) is 5.32 Å². The Labute approximate surface area is 179 Å². The summed E-state index contributed by atoms with van der Waals surface area (Å²) in [4.78, 5) is 12.1. The quantitative estimate of drug-likeness (QED) is 0.415. The first-order valence-electron chi connectivity index (χ1n) is 9.42. The van der Waals surface area contributed by atoms with Crippen molar-refractivity contribution < 1.29 is 35.9 Å². The highest BCUT2D eigenvalue weighted by Crippen LogP contribution is 2.31. The second kappa shape index (κ2) is 9.33. The molecule has 0 fully saturated rings. The number of carbonyl (C=O) groups excluding carboxylic acids is 1. The van der Waals surface area contributed by atoms with E-state index in [1.165, 1.54) is 24.3 Å². The van der Waals surface area contributed by atoms with E-state index in [1.807, 2.05) is 0 Å². The molecule has 0 aromatic heterocycles. The van der Waals surface area contributed by atoms with Crippen molar-refractivity contribution in [3.8, 4) is 16.9 Å². The second-order valence-electron chi connectivity index (χ2n) is 6.89. The molecular formula is C23H17F6NO2. The van der Waals surface area contributed by atoms with Crippen LogP contribution < -0.4 is 10.1 Å². The number of rotatable bonds is 6. The third-order valence-electron chi connectivity index (χ3n) is 4.51. The van der Waals surface area contributed by atoms with E-state index in [4.69, 9.17) is 0 Å². The zero-order chi connectivity index (χ0) is 23.4. The topological polar surface area (TPSA) is 38.3 Å². The lowest BCUT2D eigenvalue weighted by molar-refractivity contribution is -0.274. The van der Waals surface area contributed by atoms with Crippen LogP contribution in [0.5, 0.6) is 5.75 Å². The van der Waals surface area contributed by atoms with Crippen molar-refractivity contribution in [1.29, 1.82) is 0 Å². The van der Waals surface area contributed by atoms with Gasteiger partial charge in [0.15, 0.2) is 0 Å². The molecule has 0 aliphatic carbocycles. The van der Waals surface area contributed by atoms with Gasteiger partial charge in [0.25, 0.3) is 0 Å².